The number of benzene rings is 1. The topological polar surface area (TPSA) is 70.1 Å². The second kappa shape index (κ2) is 7.48. The molecule has 0 aliphatic carbocycles. The van der Waals surface area contributed by atoms with Crippen molar-refractivity contribution < 1.29 is 4.74 Å². The molecule has 0 saturated carbocycles. The summed E-state index contributed by atoms with van der Waals surface area (Å²) in [7, 11) is 0. The van der Waals surface area contributed by atoms with Crippen LogP contribution in [0.2, 0.25) is 0 Å². The fourth-order valence-electron chi connectivity index (χ4n) is 3.22. The summed E-state index contributed by atoms with van der Waals surface area (Å²) in [6.45, 7) is 2.65. The van der Waals surface area contributed by atoms with Crippen LogP contribution in [0, 0.1) is 0 Å². The van der Waals surface area contributed by atoms with Crippen molar-refractivity contribution in [3.8, 4) is 27.4 Å². The summed E-state index contributed by atoms with van der Waals surface area (Å²) in [5, 5.41) is 10.6. The molecule has 1 unspecified atom stereocenters. The zero-order chi connectivity index (χ0) is 19.6. The number of hydrogen-bond acceptors (Lipinski definition) is 6. The molecule has 7 nitrogen and oxygen atoms in total. The predicted molar refractivity (Wildman–Crippen MR) is 112 cm³/mol. The van der Waals surface area contributed by atoms with E-state index in [-0.39, 0.29) is 6.10 Å². The van der Waals surface area contributed by atoms with Gasteiger partial charge in [0.05, 0.1) is 24.0 Å². The summed E-state index contributed by atoms with van der Waals surface area (Å²) in [5.41, 5.74) is 3.76. The van der Waals surface area contributed by atoms with E-state index in [1.807, 2.05) is 55.7 Å². The Bertz CT molecular complexity index is 1230. The van der Waals surface area contributed by atoms with E-state index in [9.17, 15) is 0 Å². The van der Waals surface area contributed by atoms with Crippen LogP contribution in [0.4, 0.5) is 0 Å². The van der Waals surface area contributed by atoms with Crippen LogP contribution in [-0.4, -0.2) is 35.5 Å². The molecular weight excluding hydrogens is 384 g/mol. The molecule has 5 rings (SSSR count). The molecular formula is C21H18N6OS. The number of aromatic nitrogens is 6. The Morgan fingerprint density at radius 2 is 2.10 bits per heavy atom. The predicted octanol–water partition coefficient (Wildman–Crippen LogP) is 4.18. The quantitative estimate of drug-likeness (QED) is 0.426. The average Bonchev–Trinajstić information content (AvgIpc) is 3.49. The van der Waals surface area contributed by atoms with Gasteiger partial charge in [-0.25, -0.2) is 19.2 Å². The van der Waals surface area contributed by atoms with Crippen LogP contribution in [0.5, 0.6) is 5.75 Å². The second-order valence-electron chi connectivity index (χ2n) is 6.69. The first-order valence-corrected chi connectivity index (χ1v) is 10.1. The maximum absolute atomic E-state index is 6.07. The second-order valence-corrected chi connectivity index (χ2v) is 7.64. The van der Waals surface area contributed by atoms with E-state index in [4.69, 9.17) is 9.72 Å². The van der Waals surface area contributed by atoms with E-state index < -0.39 is 0 Å². The van der Waals surface area contributed by atoms with Gasteiger partial charge in [-0.15, -0.1) is 11.3 Å². The number of fused-ring (bicyclic) bond motifs is 1. The van der Waals surface area contributed by atoms with Crippen molar-refractivity contribution in [3.63, 3.8) is 0 Å². The molecule has 0 aliphatic heterocycles. The zero-order valence-electron chi connectivity index (χ0n) is 15.7. The van der Waals surface area contributed by atoms with E-state index in [1.165, 1.54) is 6.33 Å². The minimum atomic E-state index is -0.0392. The van der Waals surface area contributed by atoms with E-state index >= 15 is 0 Å². The van der Waals surface area contributed by atoms with Gasteiger partial charge in [0.15, 0.2) is 5.65 Å². The third-order valence-electron chi connectivity index (χ3n) is 4.53. The summed E-state index contributed by atoms with van der Waals surface area (Å²) in [6, 6.07) is 14.1. The molecule has 0 fully saturated rings. The fourth-order valence-corrected chi connectivity index (χ4v) is 3.96. The fraction of sp³-hybridized carbons (Fsp3) is 0.143. The van der Waals surface area contributed by atoms with Gasteiger partial charge in [0, 0.05) is 16.6 Å². The zero-order valence-corrected chi connectivity index (χ0v) is 16.5. The van der Waals surface area contributed by atoms with Crippen LogP contribution < -0.4 is 4.74 Å². The number of nitrogens with zero attached hydrogens (tertiary/aromatic N) is 6. The highest BCUT2D eigenvalue weighted by molar-refractivity contribution is 7.13. The lowest BCUT2D eigenvalue weighted by Gasteiger charge is -2.15. The van der Waals surface area contributed by atoms with E-state index in [1.54, 1.807) is 26.9 Å². The average molecular weight is 402 g/mol. The van der Waals surface area contributed by atoms with Gasteiger partial charge in [-0.05, 0) is 36.6 Å². The Labute approximate surface area is 171 Å². The molecule has 0 bridgehead atoms. The summed E-state index contributed by atoms with van der Waals surface area (Å²) in [6.07, 6.45) is 6.98. The Balaban J connectivity index is 1.43. The van der Waals surface area contributed by atoms with Crippen molar-refractivity contribution in [2.45, 2.75) is 19.6 Å². The van der Waals surface area contributed by atoms with E-state index in [0.717, 1.165) is 33.1 Å². The number of ether oxygens (including phenoxy) is 1. The van der Waals surface area contributed by atoms with Crippen LogP contribution in [-0.2, 0) is 6.54 Å². The summed E-state index contributed by atoms with van der Waals surface area (Å²) >= 11 is 1.68. The Morgan fingerprint density at radius 1 is 1.14 bits per heavy atom. The van der Waals surface area contributed by atoms with Gasteiger partial charge < -0.3 is 4.74 Å². The van der Waals surface area contributed by atoms with E-state index in [0.29, 0.717) is 6.54 Å². The standard InChI is InChI=1S/C21H18N6OS/c1-15(12-26-14-22-13-24-26)28-17-5-2-4-16(10-17)19-7-8-27-21(25-19)18(11-23-27)20-6-3-9-29-20/h2-11,13-15H,12H2,1H3. The van der Waals surface area contributed by atoms with Gasteiger partial charge in [0.25, 0.3) is 0 Å². The lowest BCUT2D eigenvalue weighted by Crippen LogP contribution is -2.19. The molecule has 1 aromatic carbocycles. The van der Waals surface area contributed by atoms with Crippen LogP contribution in [0.15, 0.2) is 72.9 Å². The third kappa shape index (κ3) is 3.62. The highest BCUT2D eigenvalue weighted by atomic mass is 32.1. The lowest BCUT2D eigenvalue weighted by molar-refractivity contribution is 0.194. The molecule has 0 aliphatic rings. The minimum absolute atomic E-state index is 0.0392. The third-order valence-corrected chi connectivity index (χ3v) is 5.44. The highest BCUT2D eigenvalue weighted by Gasteiger charge is 2.12. The molecule has 144 valence electrons. The molecule has 0 spiro atoms. The number of rotatable bonds is 6. The SMILES string of the molecule is CC(Cn1cncn1)Oc1cccc(-c2ccn3ncc(-c4cccs4)c3n2)c1. The molecule has 0 radical (unpaired) electrons. The molecule has 0 saturated heterocycles. The molecule has 5 aromatic rings. The summed E-state index contributed by atoms with van der Waals surface area (Å²) in [4.78, 5) is 9.99. The van der Waals surface area contributed by atoms with Gasteiger partial charge >= 0.3 is 0 Å². The molecule has 29 heavy (non-hydrogen) atoms. The van der Waals surface area contributed by atoms with Gasteiger partial charge in [-0.1, -0.05) is 18.2 Å². The summed E-state index contributed by atoms with van der Waals surface area (Å²) < 4.78 is 9.64. The van der Waals surface area contributed by atoms with Crippen molar-refractivity contribution >= 4 is 17.0 Å². The monoisotopic (exact) mass is 402 g/mol. The van der Waals surface area contributed by atoms with Crippen molar-refractivity contribution in [1.82, 2.24) is 29.4 Å². The van der Waals surface area contributed by atoms with Crippen LogP contribution in [0.25, 0.3) is 27.3 Å². The van der Waals surface area contributed by atoms with Crippen molar-refractivity contribution in [2.24, 2.45) is 0 Å². The van der Waals surface area contributed by atoms with Crippen LogP contribution >= 0.6 is 11.3 Å². The van der Waals surface area contributed by atoms with Crippen molar-refractivity contribution in [3.05, 3.63) is 72.9 Å². The molecule has 0 N–H and O–H groups in total. The van der Waals surface area contributed by atoms with Gasteiger partial charge in [0.1, 0.15) is 24.5 Å². The van der Waals surface area contributed by atoms with Gasteiger partial charge in [-0.2, -0.15) is 10.2 Å². The highest BCUT2D eigenvalue weighted by Crippen LogP contribution is 2.29. The Hall–Kier alpha value is -3.52. The molecule has 8 heteroatoms. The first kappa shape index (κ1) is 17.6. The molecule has 4 heterocycles. The molecule has 4 aromatic heterocycles. The first-order chi connectivity index (χ1) is 14.3. The van der Waals surface area contributed by atoms with Crippen molar-refractivity contribution in [1.29, 1.82) is 0 Å². The van der Waals surface area contributed by atoms with Gasteiger partial charge in [0.2, 0.25) is 0 Å². The maximum atomic E-state index is 6.07. The van der Waals surface area contributed by atoms with E-state index in [2.05, 4.69) is 26.6 Å². The number of hydrogen-bond donors (Lipinski definition) is 0. The number of thiophene rings is 1. The van der Waals surface area contributed by atoms with Crippen LogP contribution in [0.3, 0.4) is 0 Å². The summed E-state index contributed by atoms with van der Waals surface area (Å²) in [5.74, 6) is 0.795. The normalized spacial score (nSPS) is 12.3. The Morgan fingerprint density at radius 3 is 2.93 bits per heavy atom. The largest absolute Gasteiger partial charge is 0.489 e. The lowest BCUT2D eigenvalue weighted by atomic mass is 10.1. The van der Waals surface area contributed by atoms with Crippen molar-refractivity contribution in [2.75, 3.05) is 0 Å². The smallest absolute Gasteiger partial charge is 0.164 e. The maximum Gasteiger partial charge on any atom is 0.164 e. The molecule has 0 amide bonds. The van der Waals surface area contributed by atoms with Gasteiger partial charge in [-0.3, -0.25) is 0 Å². The first-order valence-electron chi connectivity index (χ1n) is 9.24. The Kier molecular flexibility index (Phi) is 4.53. The van der Waals surface area contributed by atoms with Crippen LogP contribution in [0.1, 0.15) is 6.92 Å². The minimum Gasteiger partial charge on any atom is -0.489 e. The molecule has 1 atom stereocenters.